The zero-order valence-electron chi connectivity index (χ0n) is 15.6. The van der Waals surface area contributed by atoms with E-state index in [-0.39, 0.29) is 41.3 Å². The van der Waals surface area contributed by atoms with E-state index in [1.54, 1.807) is 43.3 Å². The fourth-order valence-corrected chi connectivity index (χ4v) is 3.49. The Morgan fingerprint density at radius 1 is 1.07 bits per heavy atom. The summed E-state index contributed by atoms with van der Waals surface area (Å²) in [5, 5.41) is 8.34. The number of para-hydroxylation sites is 1. The van der Waals surface area contributed by atoms with Gasteiger partial charge in [0.2, 0.25) is 5.91 Å². The third-order valence-electron chi connectivity index (χ3n) is 4.45. The number of nitrogens with one attached hydrogen (secondary N) is 1. The van der Waals surface area contributed by atoms with E-state index < -0.39 is 9.84 Å². The number of amides is 2. The van der Waals surface area contributed by atoms with E-state index in [9.17, 15) is 18.0 Å². The summed E-state index contributed by atoms with van der Waals surface area (Å²) in [6.45, 7) is 1.80. The highest BCUT2D eigenvalue weighted by Gasteiger charge is 2.26. The number of nitrogens with zero attached hydrogens (tertiary/aromatic N) is 2. The zero-order chi connectivity index (χ0) is 20.3. The SMILES string of the molecule is C[C@H](NC(=O)C1=NN(c2ccccc2)C(=O)CC1)c1ccc(S(C)(=O)=O)cc1. The second kappa shape index (κ2) is 7.93. The third-order valence-corrected chi connectivity index (χ3v) is 5.58. The topological polar surface area (TPSA) is 95.9 Å². The monoisotopic (exact) mass is 399 g/mol. The number of hydrazone groups is 1. The van der Waals surface area contributed by atoms with Gasteiger partial charge in [-0.1, -0.05) is 30.3 Å². The predicted octanol–water partition coefficient (Wildman–Crippen LogP) is 2.45. The quantitative estimate of drug-likeness (QED) is 0.835. The third kappa shape index (κ3) is 4.45. The number of sulfone groups is 1. The summed E-state index contributed by atoms with van der Waals surface area (Å²) in [6.07, 6.45) is 1.63. The minimum Gasteiger partial charge on any atom is -0.344 e. The van der Waals surface area contributed by atoms with Crippen molar-refractivity contribution in [2.24, 2.45) is 5.10 Å². The molecule has 28 heavy (non-hydrogen) atoms. The summed E-state index contributed by atoms with van der Waals surface area (Å²) >= 11 is 0. The van der Waals surface area contributed by atoms with Crippen LogP contribution < -0.4 is 10.3 Å². The summed E-state index contributed by atoms with van der Waals surface area (Å²) in [7, 11) is -3.27. The molecule has 0 spiro atoms. The van der Waals surface area contributed by atoms with Gasteiger partial charge in [-0.3, -0.25) is 9.59 Å². The van der Waals surface area contributed by atoms with Crippen molar-refractivity contribution < 1.29 is 18.0 Å². The van der Waals surface area contributed by atoms with Gasteiger partial charge >= 0.3 is 0 Å². The van der Waals surface area contributed by atoms with Crippen molar-refractivity contribution in [2.75, 3.05) is 11.3 Å². The largest absolute Gasteiger partial charge is 0.344 e. The van der Waals surface area contributed by atoms with Crippen molar-refractivity contribution in [3.8, 4) is 0 Å². The van der Waals surface area contributed by atoms with Gasteiger partial charge in [0.25, 0.3) is 5.91 Å². The molecule has 0 aliphatic carbocycles. The molecule has 1 aliphatic rings. The molecule has 0 saturated carbocycles. The molecule has 1 atom stereocenters. The molecule has 146 valence electrons. The van der Waals surface area contributed by atoms with Gasteiger partial charge in [0, 0.05) is 19.1 Å². The van der Waals surface area contributed by atoms with Crippen molar-refractivity contribution in [3.05, 3.63) is 60.2 Å². The van der Waals surface area contributed by atoms with E-state index in [1.807, 2.05) is 6.07 Å². The number of carbonyl (C=O) groups excluding carboxylic acids is 2. The van der Waals surface area contributed by atoms with Crippen LogP contribution in [0.2, 0.25) is 0 Å². The van der Waals surface area contributed by atoms with Crippen molar-refractivity contribution in [2.45, 2.75) is 30.7 Å². The van der Waals surface area contributed by atoms with E-state index in [2.05, 4.69) is 10.4 Å². The Hall–Kier alpha value is -3.00. The van der Waals surface area contributed by atoms with Crippen LogP contribution in [0.4, 0.5) is 5.69 Å². The average molecular weight is 399 g/mol. The molecule has 0 saturated heterocycles. The summed E-state index contributed by atoms with van der Waals surface area (Å²) in [5.41, 5.74) is 1.66. The number of hydrogen-bond acceptors (Lipinski definition) is 5. The molecule has 2 aromatic carbocycles. The Labute approximate surface area is 164 Å². The number of anilines is 1. The van der Waals surface area contributed by atoms with Gasteiger partial charge in [0.1, 0.15) is 5.71 Å². The molecular weight excluding hydrogens is 378 g/mol. The standard InChI is InChI=1S/C20H21N3O4S/c1-14(15-8-10-17(11-9-15)28(2,26)27)21-20(25)18-12-13-19(24)23(22-18)16-6-4-3-5-7-16/h3-11,14H,12-13H2,1-2H3,(H,21,25)/t14-/m0/s1. The molecule has 0 unspecified atom stereocenters. The summed E-state index contributed by atoms with van der Waals surface area (Å²) in [5.74, 6) is -0.514. The number of hydrogen-bond donors (Lipinski definition) is 1. The van der Waals surface area contributed by atoms with Gasteiger partial charge in [-0.2, -0.15) is 5.10 Å². The van der Waals surface area contributed by atoms with Crippen molar-refractivity contribution in [3.63, 3.8) is 0 Å². The number of carbonyl (C=O) groups is 2. The summed E-state index contributed by atoms with van der Waals surface area (Å²) in [4.78, 5) is 25.0. The first kappa shape index (κ1) is 19.8. The van der Waals surface area contributed by atoms with Crippen molar-refractivity contribution in [1.82, 2.24) is 5.32 Å². The molecular formula is C20H21N3O4S. The number of rotatable bonds is 5. The van der Waals surface area contributed by atoms with Crippen LogP contribution in [0.15, 0.2) is 64.6 Å². The van der Waals surface area contributed by atoms with Gasteiger partial charge in [-0.25, -0.2) is 13.4 Å². The summed E-state index contributed by atoms with van der Waals surface area (Å²) < 4.78 is 23.1. The maximum Gasteiger partial charge on any atom is 0.267 e. The first-order valence-corrected chi connectivity index (χ1v) is 10.7. The second-order valence-corrected chi connectivity index (χ2v) is 8.64. The molecule has 1 heterocycles. The maximum atomic E-state index is 12.6. The molecule has 2 aromatic rings. The normalized spacial score (nSPS) is 15.7. The zero-order valence-corrected chi connectivity index (χ0v) is 16.4. The fourth-order valence-electron chi connectivity index (χ4n) is 2.85. The lowest BCUT2D eigenvalue weighted by Crippen LogP contribution is -2.39. The Morgan fingerprint density at radius 2 is 1.71 bits per heavy atom. The molecule has 3 rings (SSSR count). The molecule has 0 fully saturated rings. The lowest BCUT2D eigenvalue weighted by molar-refractivity contribution is -0.119. The Kier molecular flexibility index (Phi) is 5.60. The van der Waals surface area contributed by atoms with Gasteiger partial charge in [0.15, 0.2) is 9.84 Å². The Bertz CT molecular complexity index is 1020. The van der Waals surface area contributed by atoms with E-state index in [0.29, 0.717) is 5.69 Å². The molecule has 0 aromatic heterocycles. The van der Waals surface area contributed by atoms with Gasteiger partial charge < -0.3 is 5.32 Å². The molecule has 0 radical (unpaired) electrons. The van der Waals surface area contributed by atoms with Crippen LogP contribution in [0.3, 0.4) is 0 Å². The van der Waals surface area contributed by atoms with Crippen molar-refractivity contribution in [1.29, 1.82) is 0 Å². The molecule has 7 nitrogen and oxygen atoms in total. The van der Waals surface area contributed by atoms with E-state index in [1.165, 1.54) is 17.1 Å². The van der Waals surface area contributed by atoms with E-state index in [4.69, 9.17) is 0 Å². The number of benzene rings is 2. The van der Waals surface area contributed by atoms with Crippen molar-refractivity contribution >= 4 is 33.1 Å². The van der Waals surface area contributed by atoms with Gasteiger partial charge in [-0.15, -0.1) is 0 Å². The van der Waals surface area contributed by atoms with Gasteiger partial charge in [-0.05, 0) is 36.8 Å². The Balaban J connectivity index is 1.74. The van der Waals surface area contributed by atoms with Crippen LogP contribution in [-0.2, 0) is 19.4 Å². The van der Waals surface area contributed by atoms with Gasteiger partial charge in [0.05, 0.1) is 16.6 Å². The first-order chi connectivity index (χ1) is 13.3. The highest BCUT2D eigenvalue weighted by molar-refractivity contribution is 7.90. The molecule has 0 bridgehead atoms. The van der Waals surface area contributed by atoms with E-state index >= 15 is 0 Å². The summed E-state index contributed by atoms with van der Waals surface area (Å²) in [6, 6.07) is 15.0. The fraction of sp³-hybridized carbons (Fsp3) is 0.250. The molecule has 1 aliphatic heterocycles. The van der Waals surface area contributed by atoms with Crippen LogP contribution in [0.1, 0.15) is 31.4 Å². The molecule has 2 amide bonds. The first-order valence-electron chi connectivity index (χ1n) is 8.82. The maximum absolute atomic E-state index is 12.6. The van der Waals surface area contributed by atoms with Crippen LogP contribution in [0, 0.1) is 0 Å². The average Bonchev–Trinajstić information content (AvgIpc) is 2.68. The lowest BCUT2D eigenvalue weighted by Gasteiger charge is -2.24. The van der Waals surface area contributed by atoms with E-state index in [0.717, 1.165) is 11.8 Å². The minimum atomic E-state index is -3.27. The molecule has 8 heteroatoms. The highest BCUT2D eigenvalue weighted by atomic mass is 32.2. The van der Waals surface area contributed by atoms with Crippen LogP contribution in [0.5, 0.6) is 0 Å². The van der Waals surface area contributed by atoms with Crippen LogP contribution in [0.25, 0.3) is 0 Å². The van der Waals surface area contributed by atoms with Crippen LogP contribution in [-0.4, -0.2) is 32.2 Å². The molecule has 1 N–H and O–H groups in total. The Morgan fingerprint density at radius 3 is 2.32 bits per heavy atom. The lowest BCUT2D eigenvalue weighted by atomic mass is 10.1. The highest BCUT2D eigenvalue weighted by Crippen LogP contribution is 2.21. The minimum absolute atomic E-state index is 0.160. The van der Waals surface area contributed by atoms with Crippen LogP contribution >= 0.6 is 0 Å². The smallest absolute Gasteiger partial charge is 0.267 e. The second-order valence-electron chi connectivity index (χ2n) is 6.62. The predicted molar refractivity (Wildman–Crippen MR) is 107 cm³/mol.